The van der Waals surface area contributed by atoms with E-state index in [2.05, 4.69) is 0 Å². The molecule has 0 radical (unpaired) electrons. The molecule has 1 unspecified atom stereocenters. The van der Waals surface area contributed by atoms with Crippen molar-refractivity contribution in [1.29, 1.82) is 0 Å². The molecule has 2 aliphatic rings. The van der Waals surface area contributed by atoms with Gasteiger partial charge in [0.25, 0.3) is 0 Å². The summed E-state index contributed by atoms with van der Waals surface area (Å²) in [6.45, 7) is 9.87. The average Bonchev–Trinajstić information content (AvgIpc) is 2.87. The number of epoxide rings is 1. The van der Waals surface area contributed by atoms with E-state index in [1.807, 2.05) is 27.7 Å². The maximum absolute atomic E-state index is 12.3. The van der Waals surface area contributed by atoms with Crippen molar-refractivity contribution in [2.75, 3.05) is 6.61 Å². The summed E-state index contributed by atoms with van der Waals surface area (Å²) in [5.41, 5.74) is -1.36. The van der Waals surface area contributed by atoms with Crippen molar-refractivity contribution in [3.63, 3.8) is 0 Å². The largest absolute Gasteiger partial charge is 0.634 e. The van der Waals surface area contributed by atoms with E-state index in [9.17, 15) is 10.0 Å². The summed E-state index contributed by atoms with van der Waals surface area (Å²) in [6.07, 6.45) is 0.724. The van der Waals surface area contributed by atoms with E-state index in [0.29, 0.717) is 19.4 Å². The van der Waals surface area contributed by atoms with Gasteiger partial charge in [0.15, 0.2) is 6.10 Å². The molecule has 0 aliphatic carbocycles. The Morgan fingerprint density at radius 1 is 1.33 bits per heavy atom. The number of quaternary nitrogens is 1. The second-order valence-corrected chi connectivity index (χ2v) is 6.77. The Labute approximate surface area is 108 Å². The number of hydrogen-bond acceptors (Lipinski definition) is 4. The van der Waals surface area contributed by atoms with Crippen molar-refractivity contribution in [1.82, 2.24) is 0 Å². The number of nitrogens with one attached hydrogen (secondary N) is 1. The summed E-state index contributed by atoms with van der Waals surface area (Å²) in [7, 11) is 0. The Balaban J connectivity index is 2.16. The van der Waals surface area contributed by atoms with E-state index in [1.54, 1.807) is 6.92 Å². The Morgan fingerprint density at radius 2 is 1.83 bits per heavy atom. The van der Waals surface area contributed by atoms with Gasteiger partial charge in [-0.2, -0.15) is 0 Å². The zero-order valence-electron chi connectivity index (χ0n) is 11.8. The Kier molecular flexibility index (Phi) is 3.00. The van der Waals surface area contributed by atoms with Crippen LogP contribution in [0.5, 0.6) is 0 Å². The average molecular weight is 257 g/mol. The maximum Gasteiger partial charge on any atom is 0.338 e. The lowest BCUT2D eigenvalue weighted by atomic mass is 9.73. The van der Waals surface area contributed by atoms with Gasteiger partial charge in [-0.15, -0.1) is 0 Å². The molecule has 2 saturated heterocycles. The van der Waals surface area contributed by atoms with Gasteiger partial charge in [0, 0.05) is 12.8 Å². The lowest BCUT2D eigenvalue weighted by molar-refractivity contribution is -0.956. The first-order valence-electron chi connectivity index (χ1n) is 6.54. The molecule has 5 heteroatoms. The summed E-state index contributed by atoms with van der Waals surface area (Å²) in [5, 5.41) is 12.6. The molecular formula is C13H23NO4. The lowest BCUT2D eigenvalue weighted by Gasteiger charge is -2.54. The maximum atomic E-state index is 12.3. The molecule has 18 heavy (non-hydrogen) atoms. The van der Waals surface area contributed by atoms with Gasteiger partial charge in [-0.1, -0.05) is 0 Å². The predicted octanol–water partition coefficient (Wildman–Crippen LogP) is 0.421. The van der Waals surface area contributed by atoms with E-state index in [1.165, 1.54) is 0 Å². The zero-order chi connectivity index (χ0) is 13.8. The van der Waals surface area contributed by atoms with E-state index in [0.717, 1.165) is 0 Å². The van der Waals surface area contributed by atoms with Crippen LogP contribution >= 0.6 is 0 Å². The van der Waals surface area contributed by atoms with Crippen LogP contribution in [0.4, 0.5) is 0 Å². The lowest BCUT2D eigenvalue weighted by Crippen LogP contribution is -3.23. The predicted molar refractivity (Wildman–Crippen MR) is 66.0 cm³/mol. The number of ether oxygens (including phenoxy) is 2. The number of hydrogen-bond donors (Lipinski definition) is 1. The second-order valence-electron chi connectivity index (χ2n) is 6.77. The summed E-state index contributed by atoms with van der Waals surface area (Å²) >= 11 is 0. The van der Waals surface area contributed by atoms with Crippen LogP contribution in [0.25, 0.3) is 0 Å². The van der Waals surface area contributed by atoms with Crippen LogP contribution in [0.2, 0.25) is 0 Å². The molecule has 0 aromatic rings. The number of carbonyl (C=O) groups is 1. The van der Waals surface area contributed by atoms with Gasteiger partial charge in [0.2, 0.25) is 0 Å². The van der Waals surface area contributed by atoms with E-state index >= 15 is 0 Å². The number of carbonyl (C=O) groups excluding carboxylic acids is 1. The third kappa shape index (κ3) is 2.04. The zero-order valence-corrected chi connectivity index (χ0v) is 11.8. The van der Waals surface area contributed by atoms with Gasteiger partial charge < -0.3 is 19.7 Å². The first-order chi connectivity index (χ1) is 8.15. The molecule has 2 fully saturated rings. The van der Waals surface area contributed by atoms with Gasteiger partial charge in [0.05, 0.1) is 17.7 Å². The molecule has 1 spiro atoms. The fourth-order valence-corrected chi connectivity index (χ4v) is 3.59. The van der Waals surface area contributed by atoms with Crippen LogP contribution in [0.15, 0.2) is 0 Å². The van der Waals surface area contributed by atoms with Crippen molar-refractivity contribution in [3.8, 4) is 0 Å². The van der Waals surface area contributed by atoms with Crippen LogP contribution in [0.1, 0.15) is 47.5 Å². The highest BCUT2D eigenvalue weighted by Gasteiger charge is 2.69. The molecule has 2 aliphatic heterocycles. The molecule has 1 atom stereocenters. The minimum atomic E-state index is -0.482. The number of piperidine rings is 1. The van der Waals surface area contributed by atoms with Crippen molar-refractivity contribution >= 4 is 5.97 Å². The van der Waals surface area contributed by atoms with Gasteiger partial charge >= 0.3 is 5.97 Å². The van der Waals surface area contributed by atoms with Crippen LogP contribution < -0.4 is 5.06 Å². The van der Waals surface area contributed by atoms with Crippen molar-refractivity contribution in [3.05, 3.63) is 5.21 Å². The molecule has 0 amide bonds. The SMILES string of the molecule is CCOC(=O)C1OC12CC(C)(C)[NH+]([O-])C(C)(C)C2. The fraction of sp³-hybridized carbons (Fsp3) is 0.923. The summed E-state index contributed by atoms with van der Waals surface area (Å²) < 4.78 is 10.7. The standard InChI is InChI=1S/C13H23NO4/c1-6-17-10(15)9-13(18-9)7-11(2,3)14(16)12(4,5)8-13/h9,14H,6-8H2,1-5H3. The molecule has 104 valence electrons. The summed E-state index contributed by atoms with van der Waals surface area (Å²) in [4.78, 5) is 11.8. The van der Waals surface area contributed by atoms with E-state index < -0.39 is 22.8 Å². The fourth-order valence-electron chi connectivity index (χ4n) is 3.59. The van der Waals surface area contributed by atoms with Crippen LogP contribution in [0, 0.1) is 5.21 Å². The molecule has 0 bridgehead atoms. The molecule has 1 N–H and O–H groups in total. The Morgan fingerprint density at radius 3 is 2.28 bits per heavy atom. The molecule has 2 rings (SSSR count). The van der Waals surface area contributed by atoms with Gasteiger partial charge in [-0.05, 0) is 34.6 Å². The smallest absolute Gasteiger partial charge is 0.338 e. The minimum absolute atomic E-state index is 0.249. The molecule has 0 aromatic heterocycles. The first-order valence-corrected chi connectivity index (χ1v) is 6.54. The molecule has 0 saturated carbocycles. The van der Waals surface area contributed by atoms with Crippen LogP contribution in [-0.2, 0) is 14.3 Å². The Hall–Kier alpha value is -0.650. The third-order valence-corrected chi connectivity index (χ3v) is 3.99. The number of esters is 1. The van der Waals surface area contributed by atoms with Gasteiger partial charge in [-0.3, -0.25) is 0 Å². The van der Waals surface area contributed by atoms with Gasteiger partial charge in [-0.25, -0.2) is 4.79 Å². The van der Waals surface area contributed by atoms with Crippen molar-refractivity contribution < 1.29 is 19.3 Å². The molecule has 0 aromatic carbocycles. The van der Waals surface area contributed by atoms with Gasteiger partial charge in [0.1, 0.15) is 5.60 Å². The van der Waals surface area contributed by atoms with Crippen LogP contribution in [0.3, 0.4) is 0 Å². The first kappa shape index (κ1) is 13.8. The minimum Gasteiger partial charge on any atom is -0.634 e. The quantitative estimate of drug-likeness (QED) is 0.442. The highest BCUT2D eigenvalue weighted by atomic mass is 16.7. The second kappa shape index (κ2) is 3.92. The number of hydroxylamine groups is 2. The Bertz CT molecular complexity index is 346. The molecule has 5 nitrogen and oxygen atoms in total. The summed E-state index contributed by atoms with van der Waals surface area (Å²) in [6, 6.07) is 0. The topological polar surface area (TPSA) is 66.3 Å². The highest BCUT2D eigenvalue weighted by molar-refractivity contribution is 5.79. The van der Waals surface area contributed by atoms with E-state index in [4.69, 9.17) is 9.47 Å². The van der Waals surface area contributed by atoms with Crippen molar-refractivity contribution in [2.45, 2.75) is 70.2 Å². The third-order valence-electron chi connectivity index (χ3n) is 3.99. The molecular weight excluding hydrogens is 234 g/mol. The van der Waals surface area contributed by atoms with Crippen LogP contribution in [-0.4, -0.2) is 35.4 Å². The van der Waals surface area contributed by atoms with Crippen molar-refractivity contribution in [2.24, 2.45) is 0 Å². The van der Waals surface area contributed by atoms with E-state index in [-0.39, 0.29) is 11.0 Å². The summed E-state index contributed by atoms with van der Waals surface area (Å²) in [5.74, 6) is -0.293. The molecule has 2 heterocycles. The monoisotopic (exact) mass is 257 g/mol. The number of rotatable bonds is 2. The highest BCUT2D eigenvalue weighted by Crippen LogP contribution is 2.50. The normalized spacial score (nSPS) is 32.2.